The molecule has 0 unspecified atom stereocenters. The first kappa shape index (κ1) is 19.2. The molecule has 0 amide bonds. The SMILES string of the molecule is O=S(=O)(NCc1ccccc1N1CCCC1)c1ccc(CCCCl)cc1. The summed E-state index contributed by atoms with van der Waals surface area (Å²) >= 11 is 5.71. The summed E-state index contributed by atoms with van der Waals surface area (Å²) in [7, 11) is -3.53. The molecule has 2 aromatic rings. The number of aryl methyl sites for hydroxylation is 1. The van der Waals surface area contributed by atoms with Crippen LogP contribution in [0.4, 0.5) is 5.69 Å². The number of anilines is 1. The minimum atomic E-state index is -3.53. The van der Waals surface area contributed by atoms with Crippen LogP contribution in [0.1, 0.15) is 30.4 Å². The molecule has 1 fully saturated rings. The van der Waals surface area contributed by atoms with E-state index >= 15 is 0 Å². The number of nitrogens with one attached hydrogen (secondary N) is 1. The van der Waals surface area contributed by atoms with Gasteiger partial charge in [-0.25, -0.2) is 13.1 Å². The normalized spacial score (nSPS) is 14.7. The maximum atomic E-state index is 12.6. The second kappa shape index (κ2) is 8.89. The molecule has 2 aromatic carbocycles. The summed E-state index contributed by atoms with van der Waals surface area (Å²) in [5, 5.41) is 0. The number of alkyl halides is 1. The molecule has 3 rings (SSSR count). The Hall–Kier alpha value is -1.56. The second-order valence-corrected chi connectivity index (χ2v) is 8.73. The average Bonchev–Trinajstić information content (AvgIpc) is 3.20. The second-order valence-electron chi connectivity index (χ2n) is 6.58. The summed E-state index contributed by atoms with van der Waals surface area (Å²) in [5.74, 6) is 0.609. The van der Waals surface area contributed by atoms with E-state index in [2.05, 4.69) is 15.7 Å². The van der Waals surface area contributed by atoms with Crippen molar-refractivity contribution >= 4 is 27.3 Å². The third-order valence-corrected chi connectivity index (χ3v) is 6.41. The van der Waals surface area contributed by atoms with Gasteiger partial charge in [0.05, 0.1) is 4.90 Å². The molecule has 6 heteroatoms. The Morgan fingerprint density at radius 2 is 1.69 bits per heavy atom. The van der Waals surface area contributed by atoms with Crippen molar-refractivity contribution in [1.82, 2.24) is 4.72 Å². The first-order valence-electron chi connectivity index (χ1n) is 9.07. The Balaban J connectivity index is 1.69. The van der Waals surface area contributed by atoms with Gasteiger partial charge in [-0.1, -0.05) is 30.3 Å². The van der Waals surface area contributed by atoms with Gasteiger partial charge in [0.15, 0.2) is 0 Å². The summed E-state index contributed by atoms with van der Waals surface area (Å²) in [6.07, 6.45) is 4.13. The van der Waals surface area contributed by atoms with E-state index in [1.54, 1.807) is 12.1 Å². The van der Waals surface area contributed by atoms with Gasteiger partial charge >= 0.3 is 0 Å². The Morgan fingerprint density at radius 1 is 1.00 bits per heavy atom. The first-order chi connectivity index (χ1) is 12.6. The minimum absolute atomic E-state index is 0.295. The monoisotopic (exact) mass is 392 g/mol. The van der Waals surface area contributed by atoms with Crippen molar-refractivity contribution in [3.05, 3.63) is 59.7 Å². The molecule has 1 aliphatic rings. The summed E-state index contributed by atoms with van der Waals surface area (Å²) in [6.45, 7) is 2.37. The van der Waals surface area contributed by atoms with E-state index in [0.717, 1.165) is 42.7 Å². The third-order valence-electron chi connectivity index (χ3n) is 4.72. The minimum Gasteiger partial charge on any atom is -0.371 e. The first-order valence-corrected chi connectivity index (χ1v) is 11.1. The van der Waals surface area contributed by atoms with Crippen molar-refractivity contribution in [2.45, 2.75) is 37.1 Å². The van der Waals surface area contributed by atoms with Gasteiger partial charge in [-0.05, 0) is 55.0 Å². The van der Waals surface area contributed by atoms with Gasteiger partial charge in [0.25, 0.3) is 0 Å². The molecule has 26 heavy (non-hydrogen) atoms. The van der Waals surface area contributed by atoms with Crippen molar-refractivity contribution in [2.24, 2.45) is 0 Å². The lowest BCUT2D eigenvalue weighted by atomic mass is 10.1. The van der Waals surface area contributed by atoms with Crippen LogP contribution >= 0.6 is 11.6 Å². The van der Waals surface area contributed by atoms with E-state index in [4.69, 9.17) is 11.6 Å². The molecular formula is C20H25ClN2O2S. The summed E-state index contributed by atoms with van der Waals surface area (Å²) in [5.41, 5.74) is 3.24. The Labute approximate surface area is 161 Å². The van der Waals surface area contributed by atoms with Gasteiger partial charge < -0.3 is 4.90 Å². The predicted molar refractivity (Wildman–Crippen MR) is 107 cm³/mol. The quantitative estimate of drug-likeness (QED) is 0.692. The van der Waals surface area contributed by atoms with Crippen LogP contribution in [0.5, 0.6) is 0 Å². The molecule has 1 aliphatic heterocycles. The van der Waals surface area contributed by atoms with E-state index in [9.17, 15) is 8.42 Å². The highest BCUT2D eigenvalue weighted by Crippen LogP contribution is 2.24. The van der Waals surface area contributed by atoms with Gasteiger partial charge in [0, 0.05) is 31.2 Å². The van der Waals surface area contributed by atoms with Crippen LogP contribution in [0.25, 0.3) is 0 Å². The zero-order valence-electron chi connectivity index (χ0n) is 14.8. The molecule has 140 valence electrons. The van der Waals surface area contributed by atoms with Gasteiger partial charge in [0.1, 0.15) is 0 Å². The number of sulfonamides is 1. The van der Waals surface area contributed by atoms with Crippen LogP contribution in [0.2, 0.25) is 0 Å². The molecule has 1 N–H and O–H groups in total. The Morgan fingerprint density at radius 3 is 2.38 bits per heavy atom. The number of hydrogen-bond acceptors (Lipinski definition) is 3. The predicted octanol–water partition coefficient (Wildman–Crippen LogP) is 3.94. The number of benzene rings is 2. The molecular weight excluding hydrogens is 368 g/mol. The summed E-state index contributed by atoms with van der Waals surface area (Å²) < 4.78 is 28.0. The van der Waals surface area contributed by atoms with Gasteiger partial charge in [-0.15, -0.1) is 11.6 Å². The molecule has 0 aliphatic carbocycles. The molecule has 1 heterocycles. The number of halogens is 1. The van der Waals surface area contributed by atoms with Crippen LogP contribution in [-0.2, 0) is 23.0 Å². The van der Waals surface area contributed by atoms with Crippen molar-refractivity contribution in [3.8, 4) is 0 Å². The smallest absolute Gasteiger partial charge is 0.240 e. The van der Waals surface area contributed by atoms with E-state index in [1.807, 2.05) is 30.3 Å². The average molecular weight is 393 g/mol. The zero-order chi connectivity index (χ0) is 18.4. The number of hydrogen-bond donors (Lipinski definition) is 1. The standard InChI is InChI=1S/C20H25ClN2O2S/c21-13-5-6-17-9-11-19(12-10-17)26(24,25)22-16-18-7-1-2-8-20(18)23-14-3-4-15-23/h1-2,7-12,22H,3-6,13-16H2. The fourth-order valence-electron chi connectivity index (χ4n) is 3.29. The zero-order valence-corrected chi connectivity index (χ0v) is 16.4. The lowest BCUT2D eigenvalue weighted by molar-refractivity contribution is 0.581. The van der Waals surface area contributed by atoms with Crippen molar-refractivity contribution in [2.75, 3.05) is 23.9 Å². The lowest BCUT2D eigenvalue weighted by Crippen LogP contribution is -2.25. The van der Waals surface area contributed by atoms with Gasteiger partial charge in [-0.3, -0.25) is 0 Å². The third kappa shape index (κ3) is 4.78. The highest BCUT2D eigenvalue weighted by molar-refractivity contribution is 7.89. The molecule has 0 bridgehead atoms. The number of rotatable bonds is 8. The van der Waals surface area contributed by atoms with Crippen LogP contribution in [0.15, 0.2) is 53.4 Å². The van der Waals surface area contributed by atoms with Crippen molar-refractivity contribution in [1.29, 1.82) is 0 Å². The van der Waals surface area contributed by atoms with Crippen LogP contribution in [0.3, 0.4) is 0 Å². The van der Waals surface area contributed by atoms with E-state index in [0.29, 0.717) is 17.3 Å². The fraction of sp³-hybridized carbons (Fsp3) is 0.400. The van der Waals surface area contributed by atoms with Gasteiger partial charge in [-0.2, -0.15) is 0 Å². The van der Waals surface area contributed by atoms with E-state index < -0.39 is 10.0 Å². The molecule has 0 atom stereocenters. The molecule has 0 radical (unpaired) electrons. The lowest BCUT2D eigenvalue weighted by Gasteiger charge is -2.21. The van der Waals surface area contributed by atoms with E-state index in [1.165, 1.54) is 12.8 Å². The Bertz CT molecular complexity index is 816. The maximum absolute atomic E-state index is 12.6. The number of para-hydroxylation sites is 1. The fourth-order valence-corrected chi connectivity index (χ4v) is 4.43. The van der Waals surface area contributed by atoms with Crippen LogP contribution < -0.4 is 9.62 Å². The molecule has 1 saturated heterocycles. The van der Waals surface area contributed by atoms with Crippen LogP contribution in [0, 0.1) is 0 Å². The molecule has 0 spiro atoms. The van der Waals surface area contributed by atoms with Crippen LogP contribution in [-0.4, -0.2) is 27.4 Å². The highest BCUT2D eigenvalue weighted by atomic mass is 35.5. The molecule has 0 aromatic heterocycles. The highest BCUT2D eigenvalue weighted by Gasteiger charge is 2.18. The van der Waals surface area contributed by atoms with Crippen molar-refractivity contribution < 1.29 is 8.42 Å². The topological polar surface area (TPSA) is 49.4 Å². The number of nitrogens with zero attached hydrogens (tertiary/aromatic N) is 1. The summed E-state index contributed by atoms with van der Waals surface area (Å²) in [6, 6.07) is 15.1. The summed E-state index contributed by atoms with van der Waals surface area (Å²) in [4.78, 5) is 2.63. The Kier molecular flexibility index (Phi) is 6.57. The van der Waals surface area contributed by atoms with Gasteiger partial charge in [0.2, 0.25) is 10.0 Å². The maximum Gasteiger partial charge on any atom is 0.240 e. The molecule has 0 saturated carbocycles. The largest absolute Gasteiger partial charge is 0.371 e. The molecule has 4 nitrogen and oxygen atoms in total. The van der Waals surface area contributed by atoms with Crippen molar-refractivity contribution in [3.63, 3.8) is 0 Å². The van der Waals surface area contributed by atoms with E-state index in [-0.39, 0.29) is 0 Å².